The Morgan fingerprint density at radius 1 is 0.800 bits per heavy atom. The number of ether oxygens (including phenoxy) is 1. The zero-order valence-corrected chi connectivity index (χ0v) is 12.8. The van der Waals surface area contributed by atoms with E-state index < -0.39 is 16.6 Å². The van der Waals surface area contributed by atoms with Crippen LogP contribution in [-0.4, -0.2) is 42.1 Å². The van der Waals surface area contributed by atoms with Gasteiger partial charge in [-0.1, -0.05) is 0 Å². The third-order valence-electron chi connectivity index (χ3n) is 1.99. The summed E-state index contributed by atoms with van der Waals surface area (Å²) in [6.45, 7) is 14.6. The summed E-state index contributed by atoms with van der Waals surface area (Å²) in [5.74, 6) is 0. The highest BCUT2D eigenvalue weighted by Gasteiger charge is 2.36. The normalized spacial score (nSPS) is 28.4. The van der Waals surface area contributed by atoms with Crippen molar-refractivity contribution in [3.63, 3.8) is 0 Å². The standard InChI is InChI=1S/C10H24O3Si2/c1-14(2,3)12-9-7-11-8-10(9)13-15(4,5)6/h9-10H,7-8H2,1-6H3/t9-,10+. The van der Waals surface area contributed by atoms with Gasteiger partial charge >= 0.3 is 0 Å². The van der Waals surface area contributed by atoms with Gasteiger partial charge in [-0.25, -0.2) is 0 Å². The van der Waals surface area contributed by atoms with Gasteiger partial charge in [-0.2, -0.15) is 0 Å². The molecule has 0 unspecified atom stereocenters. The van der Waals surface area contributed by atoms with E-state index in [1.54, 1.807) is 0 Å². The molecule has 1 saturated heterocycles. The topological polar surface area (TPSA) is 27.7 Å². The van der Waals surface area contributed by atoms with E-state index >= 15 is 0 Å². The first kappa shape index (κ1) is 13.4. The van der Waals surface area contributed by atoms with Crippen LogP contribution in [0.2, 0.25) is 39.3 Å². The summed E-state index contributed by atoms with van der Waals surface area (Å²) in [7, 11) is -2.97. The summed E-state index contributed by atoms with van der Waals surface area (Å²) in [6, 6.07) is 0. The summed E-state index contributed by atoms with van der Waals surface area (Å²) in [4.78, 5) is 0. The lowest BCUT2D eigenvalue weighted by Crippen LogP contribution is -2.43. The highest BCUT2D eigenvalue weighted by atomic mass is 28.4. The maximum absolute atomic E-state index is 6.07. The molecule has 1 heterocycles. The lowest BCUT2D eigenvalue weighted by molar-refractivity contribution is 0.0813. The van der Waals surface area contributed by atoms with Gasteiger partial charge in [-0.3, -0.25) is 0 Å². The first-order valence-corrected chi connectivity index (χ1v) is 12.4. The molecule has 15 heavy (non-hydrogen) atoms. The first-order chi connectivity index (χ1) is 6.67. The molecule has 0 radical (unpaired) electrons. The maximum Gasteiger partial charge on any atom is 0.184 e. The van der Waals surface area contributed by atoms with Crippen molar-refractivity contribution < 1.29 is 13.6 Å². The third-order valence-corrected chi connectivity index (χ3v) is 4.01. The molecule has 1 aliphatic rings. The van der Waals surface area contributed by atoms with Crippen LogP contribution in [0, 0.1) is 0 Å². The van der Waals surface area contributed by atoms with E-state index in [1.165, 1.54) is 0 Å². The van der Waals surface area contributed by atoms with Gasteiger partial charge in [-0.05, 0) is 39.3 Å². The Bertz CT molecular complexity index is 186. The van der Waals surface area contributed by atoms with Crippen molar-refractivity contribution in [2.75, 3.05) is 13.2 Å². The quantitative estimate of drug-likeness (QED) is 0.715. The Balaban J connectivity index is 2.50. The van der Waals surface area contributed by atoms with Crippen molar-refractivity contribution in [2.45, 2.75) is 51.5 Å². The largest absolute Gasteiger partial charge is 0.410 e. The average Bonchev–Trinajstić information content (AvgIpc) is 2.29. The number of hydrogen-bond donors (Lipinski definition) is 0. The molecule has 90 valence electrons. The second-order valence-corrected chi connectivity index (χ2v) is 15.0. The molecular formula is C10H24O3Si2. The van der Waals surface area contributed by atoms with Gasteiger partial charge in [-0.15, -0.1) is 0 Å². The van der Waals surface area contributed by atoms with Crippen molar-refractivity contribution in [3.8, 4) is 0 Å². The molecule has 1 aliphatic heterocycles. The van der Waals surface area contributed by atoms with Crippen LogP contribution in [0.25, 0.3) is 0 Å². The molecule has 0 aliphatic carbocycles. The summed E-state index contributed by atoms with van der Waals surface area (Å²) in [5, 5.41) is 0. The van der Waals surface area contributed by atoms with Crippen LogP contribution in [0.1, 0.15) is 0 Å². The zero-order chi connectivity index (χ0) is 11.7. The highest BCUT2D eigenvalue weighted by molar-refractivity contribution is 6.70. The molecule has 0 aromatic rings. The molecule has 1 rings (SSSR count). The van der Waals surface area contributed by atoms with E-state index in [1.807, 2.05) is 0 Å². The van der Waals surface area contributed by atoms with Crippen molar-refractivity contribution in [3.05, 3.63) is 0 Å². The van der Waals surface area contributed by atoms with Crippen molar-refractivity contribution in [2.24, 2.45) is 0 Å². The predicted octanol–water partition coefficient (Wildman–Crippen LogP) is 2.46. The van der Waals surface area contributed by atoms with E-state index in [4.69, 9.17) is 13.6 Å². The van der Waals surface area contributed by atoms with E-state index in [9.17, 15) is 0 Å². The molecule has 2 atom stereocenters. The number of rotatable bonds is 4. The van der Waals surface area contributed by atoms with Crippen molar-refractivity contribution >= 4 is 16.6 Å². The van der Waals surface area contributed by atoms with E-state index in [0.717, 1.165) is 0 Å². The van der Waals surface area contributed by atoms with Gasteiger partial charge in [0.05, 0.1) is 25.4 Å². The molecule has 0 bridgehead atoms. The van der Waals surface area contributed by atoms with Gasteiger partial charge in [0.15, 0.2) is 16.6 Å². The van der Waals surface area contributed by atoms with Gasteiger partial charge in [0, 0.05) is 0 Å². The molecular weight excluding hydrogens is 224 g/mol. The van der Waals surface area contributed by atoms with E-state index in [2.05, 4.69) is 39.3 Å². The molecule has 5 heteroatoms. The Morgan fingerprint density at radius 2 is 1.13 bits per heavy atom. The Kier molecular flexibility index (Phi) is 4.16. The van der Waals surface area contributed by atoms with Crippen molar-refractivity contribution in [1.82, 2.24) is 0 Å². The Labute approximate surface area is 95.4 Å². The smallest absolute Gasteiger partial charge is 0.184 e. The van der Waals surface area contributed by atoms with Gasteiger partial charge < -0.3 is 13.6 Å². The molecule has 0 spiro atoms. The molecule has 3 nitrogen and oxygen atoms in total. The highest BCUT2D eigenvalue weighted by Crippen LogP contribution is 2.21. The SMILES string of the molecule is C[Si](C)(C)O[C@H]1COC[C@H]1O[Si](C)(C)C. The van der Waals surface area contributed by atoms with Crippen LogP contribution >= 0.6 is 0 Å². The first-order valence-electron chi connectivity index (χ1n) is 5.61. The molecule has 0 N–H and O–H groups in total. The van der Waals surface area contributed by atoms with E-state index in [-0.39, 0.29) is 12.2 Å². The minimum atomic E-state index is -1.48. The lowest BCUT2D eigenvalue weighted by atomic mass is 10.3. The second kappa shape index (κ2) is 4.67. The predicted molar refractivity (Wildman–Crippen MR) is 67.3 cm³/mol. The molecule has 0 aromatic carbocycles. The van der Waals surface area contributed by atoms with Crippen molar-refractivity contribution in [1.29, 1.82) is 0 Å². The Hall–Kier alpha value is 0.314. The summed E-state index contributed by atoms with van der Waals surface area (Å²) >= 11 is 0. The molecule has 0 aromatic heterocycles. The zero-order valence-electron chi connectivity index (χ0n) is 10.8. The minimum Gasteiger partial charge on any atom is -0.410 e. The average molecular weight is 248 g/mol. The molecule has 1 fully saturated rings. The van der Waals surface area contributed by atoms with Crippen LogP contribution in [0.4, 0.5) is 0 Å². The summed E-state index contributed by atoms with van der Waals surface area (Å²) in [5.41, 5.74) is 0. The van der Waals surface area contributed by atoms with Gasteiger partial charge in [0.1, 0.15) is 0 Å². The second-order valence-electron chi connectivity index (χ2n) is 6.07. The van der Waals surface area contributed by atoms with E-state index in [0.29, 0.717) is 13.2 Å². The number of hydrogen-bond acceptors (Lipinski definition) is 3. The molecule has 0 amide bonds. The maximum atomic E-state index is 6.07. The van der Waals surface area contributed by atoms with Crippen LogP contribution in [0.15, 0.2) is 0 Å². The lowest BCUT2D eigenvalue weighted by Gasteiger charge is -2.30. The van der Waals surface area contributed by atoms with Crippen LogP contribution < -0.4 is 0 Å². The minimum absolute atomic E-state index is 0.156. The summed E-state index contributed by atoms with van der Waals surface area (Å²) < 4.78 is 17.6. The summed E-state index contributed by atoms with van der Waals surface area (Å²) in [6.07, 6.45) is 0.312. The fourth-order valence-electron chi connectivity index (χ4n) is 1.64. The van der Waals surface area contributed by atoms with Gasteiger partial charge in [0.25, 0.3) is 0 Å². The van der Waals surface area contributed by atoms with Gasteiger partial charge in [0.2, 0.25) is 0 Å². The molecule has 0 saturated carbocycles. The van der Waals surface area contributed by atoms with Crippen LogP contribution in [-0.2, 0) is 13.6 Å². The monoisotopic (exact) mass is 248 g/mol. The fourth-order valence-corrected chi connectivity index (χ4v) is 3.90. The third kappa shape index (κ3) is 5.26. The Morgan fingerprint density at radius 3 is 1.40 bits per heavy atom. The van der Waals surface area contributed by atoms with Crippen LogP contribution in [0.5, 0.6) is 0 Å². The van der Waals surface area contributed by atoms with Crippen LogP contribution in [0.3, 0.4) is 0 Å². The fraction of sp³-hybridized carbons (Fsp3) is 1.00.